The largest absolute Gasteiger partial charge is 0.456 e. The normalized spacial score (nSPS) is 11.9. The lowest BCUT2D eigenvalue weighted by atomic mass is 10.0. The van der Waals surface area contributed by atoms with E-state index in [-0.39, 0.29) is 0 Å². The molecule has 0 aliphatic rings. The maximum Gasteiger partial charge on any atom is 0.160 e. The highest BCUT2D eigenvalue weighted by Gasteiger charge is 2.19. The molecule has 8 aromatic carbocycles. The zero-order chi connectivity index (χ0) is 37.5. The van der Waals surface area contributed by atoms with E-state index in [0.717, 1.165) is 99.8 Å². The number of fused-ring (bicyclic) bond motifs is 9. The van der Waals surface area contributed by atoms with Crippen molar-refractivity contribution in [2.75, 3.05) is 0 Å². The summed E-state index contributed by atoms with van der Waals surface area (Å²) in [6.45, 7) is 0. The van der Waals surface area contributed by atoms with Crippen LogP contribution in [0.3, 0.4) is 0 Å². The van der Waals surface area contributed by atoms with Gasteiger partial charge in [-0.25, -0.2) is 9.97 Å². The molecule has 5 nitrogen and oxygen atoms in total. The Morgan fingerprint density at radius 2 is 0.965 bits per heavy atom. The Balaban J connectivity index is 1.02. The molecule has 0 atom stereocenters. The summed E-state index contributed by atoms with van der Waals surface area (Å²) >= 11 is 0. The number of benzene rings is 8. The van der Waals surface area contributed by atoms with Crippen molar-refractivity contribution in [1.82, 2.24) is 14.5 Å². The first-order valence-corrected chi connectivity index (χ1v) is 19.1. The van der Waals surface area contributed by atoms with E-state index in [1.807, 2.05) is 54.6 Å². The highest BCUT2D eigenvalue weighted by atomic mass is 16.3. The van der Waals surface area contributed by atoms with E-state index in [0.29, 0.717) is 5.82 Å². The zero-order valence-electron chi connectivity index (χ0n) is 30.6. The Bertz CT molecular complexity index is 3540. The summed E-state index contributed by atoms with van der Waals surface area (Å²) in [7, 11) is 0. The van der Waals surface area contributed by atoms with Crippen molar-refractivity contribution < 1.29 is 8.83 Å². The van der Waals surface area contributed by atoms with Gasteiger partial charge in [-0.1, -0.05) is 121 Å². The maximum atomic E-state index is 6.28. The molecule has 0 aliphatic heterocycles. The van der Waals surface area contributed by atoms with E-state index in [9.17, 15) is 0 Å². The SMILES string of the molecule is c1ccc(-c2cc(-c3cccc4oc5ccccc5c34)nc(-c3cccc(-n4c5ccccc5c5cc(-c6ccc7oc8ccccc8c7c6)ccc54)c3)n2)cc1. The first-order valence-electron chi connectivity index (χ1n) is 19.1. The Morgan fingerprint density at radius 1 is 0.351 bits per heavy atom. The van der Waals surface area contributed by atoms with Crippen LogP contribution in [0, 0.1) is 0 Å². The Labute approximate surface area is 326 Å². The molecule has 4 heterocycles. The number of furan rings is 2. The molecule has 12 rings (SSSR count). The van der Waals surface area contributed by atoms with E-state index in [1.165, 1.54) is 10.8 Å². The van der Waals surface area contributed by atoms with Gasteiger partial charge in [0.25, 0.3) is 0 Å². The molecular formula is C52H31N3O2. The molecule has 0 radical (unpaired) electrons. The second kappa shape index (κ2) is 12.4. The van der Waals surface area contributed by atoms with E-state index in [2.05, 4.69) is 138 Å². The van der Waals surface area contributed by atoms with Gasteiger partial charge in [0.05, 0.1) is 22.4 Å². The lowest BCUT2D eigenvalue weighted by Gasteiger charge is -2.12. The lowest BCUT2D eigenvalue weighted by Crippen LogP contribution is -1.98. The highest BCUT2D eigenvalue weighted by Crippen LogP contribution is 2.40. The Hall–Kier alpha value is -7.76. The van der Waals surface area contributed by atoms with E-state index >= 15 is 0 Å². The summed E-state index contributed by atoms with van der Waals surface area (Å²) in [6.07, 6.45) is 0. The van der Waals surface area contributed by atoms with Gasteiger partial charge >= 0.3 is 0 Å². The molecule has 0 spiro atoms. The third kappa shape index (κ3) is 5.03. The maximum absolute atomic E-state index is 6.28. The molecule has 0 amide bonds. The Morgan fingerprint density at radius 3 is 1.84 bits per heavy atom. The van der Waals surface area contributed by atoms with Crippen molar-refractivity contribution in [2.45, 2.75) is 0 Å². The van der Waals surface area contributed by atoms with Crippen LogP contribution in [0.2, 0.25) is 0 Å². The van der Waals surface area contributed by atoms with Crippen LogP contribution in [0.25, 0.3) is 116 Å². The monoisotopic (exact) mass is 729 g/mol. The number of hydrogen-bond acceptors (Lipinski definition) is 4. The topological polar surface area (TPSA) is 57.0 Å². The van der Waals surface area contributed by atoms with Crippen LogP contribution >= 0.6 is 0 Å². The molecule has 266 valence electrons. The van der Waals surface area contributed by atoms with Crippen molar-refractivity contribution >= 4 is 65.7 Å². The van der Waals surface area contributed by atoms with Crippen LogP contribution in [-0.2, 0) is 0 Å². The summed E-state index contributed by atoms with van der Waals surface area (Å²) < 4.78 is 14.8. The van der Waals surface area contributed by atoms with Crippen molar-refractivity contribution in [2.24, 2.45) is 0 Å². The van der Waals surface area contributed by atoms with Crippen LogP contribution in [0.15, 0.2) is 197 Å². The molecule has 0 saturated carbocycles. The molecule has 0 aliphatic carbocycles. The standard InChI is InChI=1S/C52H31N3O2/c1-2-12-32(13-3-1)43-31-44(39-19-11-23-50-51(39)40-18-6-9-22-48(40)57-50)54-52(53-43)35-14-10-15-36(28-35)55-45-20-7-4-16-37(45)41-29-33(24-26-46(41)55)34-25-27-49-42(30-34)38-17-5-8-21-47(38)56-49/h1-31H. The first kappa shape index (κ1) is 31.6. The number of rotatable bonds is 5. The van der Waals surface area contributed by atoms with Gasteiger partial charge in [-0.15, -0.1) is 0 Å². The number of hydrogen-bond donors (Lipinski definition) is 0. The van der Waals surface area contributed by atoms with E-state index < -0.39 is 0 Å². The van der Waals surface area contributed by atoms with Gasteiger partial charge in [-0.3, -0.25) is 0 Å². The molecule has 5 heteroatoms. The molecule has 0 saturated heterocycles. The molecular weight excluding hydrogens is 699 g/mol. The van der Waals surface area contributed by atoms with Gasteiger partial charge in [0.2, 0.25) is 0 Å². The van der Waals surface area contributed by atoms with Crippen LogP contribution in [-0.4, -0.2) is 14.5 Å². The molecule has 0 fully saturated rings. The lowest BCUT2D eigenvalue weighted by molar-refractivity contribution is 0.668. The van der Waals surface area contributed by atoms with Crippen LogP contribution < -0.4 is 0 Å². The van der Waals surface area contributed by atoms with Crippen LogP contribution in [0.1, 0.15) is 0 Å². The number of nitrogens with zero attached hydrogens (tertiary/aromatic N) is 3. The molecule has 0 N–H and O–H groups in total. The molecule has 12 aromatic rings. The van der Waals surface area contributed by atoms with E-state index in [1.54, 1.807) is 0 Å². The highest BCUT2D eigenvalue weighted by molar-refractivity contribution is 6.13. The van der Waals surface area contributed by atoms with Crippen LogP contribution in [0.5, 0.6) is 0 Å². The molecule has 0 unspecified atom stereocenters. The molecule has 4 aromatic heterocycles. The molecule has 0 bridgehead atoms. The smallest absolute Gasteiger partial charge is 0.160 e. The van der Waals surface area contributed by atoms with Crippen molar-refractivity contribution in [3.8, 4) is 50.7 Å². The van der Waals surface area contributed by atoms with Gasteiger partial charge in [0.15, 0.2) is 5.82 Å². The van der Waals surface area contributed by atoms with Crippen molar-refractivity contribution in [1.29, 1.82) is 0 Å². The van der Waals surface area contributed by atoms with Gasteiger partial charge < -0.3 is 13.4 Å². The minimum atomic E-state index is 0.656. The second-order valence-corrected chi connectivity index (χ2v) is 14.5. The van der Waals surface area contributed by atoms with E-state index in [4.69, 9.17) is 18.8 Å². The minimum Gasteiger partial charge on any atom is -0.456 e. The number of para-hydroxylation sites is 3. The van der Waals surface area contributed by atoms with Crippen LogP contribution in [0.4, 0.5) is 0 Å². The van der Waals surface area contributed by atoms with Crippen molar-refractivity contribution in [3.05, 3.63) is 188 Å². The predicted octanol–water partition coefficient (Wildman–Crippen LogP) is 14.0. The third-order valence-corrected chi connectivity index (χ3v) is 11.2. The fourth-order valence-electron chi connectivity index (χ4n) is 8.58. The quantitative estimate of drug-likeness (QED) is 0.177. The zero-order valence-corrected chi connectivity index (χ0v) is 30.6. The first-order chi connectivity index (χ1) is 28.2. The summed E-state index contributed by atoms with van der Waals surface area (Å²) in [5.41, 5.74) is 13.8. The average molecular weight is 730 g/mol. The molecule has 57 heavy (non-hydrogen) atoms. The fraction of sp³-hybridized carbons (Fsp3) is 0. The van der Waals surface area contributed by atoms with Gasteiger partial charge in [-0.05, 0) is 77.9 Å². The average Bonchev–Trinajstić information content (AvgIpc) is 3.96. The number of aromatic nitrogens is 3. The summed E-state index contributed by atoms with van der Waals surface area (Å²) in [5.74, 6) is 0.656. The van der Waals surface area contributed by atoms with Gasteiger partial charge in [0, 0.05) is 54.7 Å². The second-order valence-electron chi connectivity index (χ2n) is 14.5. The Kier molecular flexibility index (Phi) is 6.86. The third-order valence-electron chi connectivity index (χ3n) is 11.2. The fourth-order valence-corrected chi connectivity index (χ4v) is 8.58. The summed E-state index contributed by atoms with van der Waals surface area (Å²) in [5, 5.41) is 6.75. The minimum absolute atomic E-state index is 0.656. The van der Waals surface area contributed by atoms with Crippen molar-refractivity contribution in [3.63, 3.8) is 0 Å². The summed E-state index contributed by atoms with van der Waals surface area (Å²) in [6, 6.07) is 65.5. The predicted molar refractivity (Wildman–Crippen MR) is 233 cm³/mol. The van der Waals surface area contributed by atoms with Gasteiger partial charge in [0.1, 0.15) is 22.3 Å². The summed E-state index contributed by atoms with van der Waals surface area (Å²) in [4.78, 5) is 10.5. The van der Waals surface area contributed by atoms with Gasteiger partial charge in [-0.2, -0.15) is 0 Å².